The third-order valence-electron chi connectivity index (χ3n) is 4.76. The van der Waals surface area contributed by atoms with Gasteiger partial charge in [-0.3, -0.25) is 0 Å². The monoisotopic (exact) mass is 302 g/mol. The fourth-order valence-electron chi connectivity index (χ4n) is 3.46. The highest BCUT2D eigenvalue weighted by Crippen LogP contribution is 2.34. The molecule has 5 heteroatoms. The first-order valence-electron chi connectivity index (χ1n) is 8.10. The molecule has 120 valence electrons. The summed E-state index contributed by atoms with van der Waals surface area (Å²) in [5.41, 5.74) is 16.6. The third-order valence-corrected chi connectivity index (χ3v) is 4.76. The topological polar surface area (TPSA) is 96.3 Å². The molecule has 0 saturated heterocycles. The molecule has 0 radical (unpaired) electrons. The van der Waals surface area contributed by atoms with E-state index >= 15 is 0 Å². The molecule has 1 aliphatic carbocycles. The highest BCUT2D eigenvalue weighted by atomic mass is 16.3. The van der Waals surface area contributed by atoms with Gasteiger partial charge in [-0.05, 0) is 56.2 Å². The second kappa shape index (κ2) is 6.08. The van der Waals surface area contributed by atoms with Crippen molar-refractivity contribution in [3.05, 3.63) is 29.0 Å². The molecule has 2 aliphatic rings. The van der Waals surface area contributed by atoms with Crippen molar-refractivity contribution in [2.24, 2.45) is 11.7 Å². The standard InChI is InChI=1S/C17H26N4O/c1-10-6-13-16(14(19)7-10)21-9-15(22)17(13)20-8-11-2-4-12(18)5-3-11/h6-7,11-12,20-22H,2-5,8-9,18-19H2,1H3. The lowest BCUT2D eigenvalue weighted by Crippen LogP contribution is -2.32. The van der Waals surface area contributed by atoms with Crippen molar-refractivity contribution in [3.63, 3.8) is 0 Å². The highest BCUT2D eigenvalue weighted by Gasteiger charge is 2.23. The van der Waals surface area contributed by atoms with E-state index in [0.29, 0.717) is 24.3 Å². The first kappa shape index (κ1) is 15.0. The number of aliphatic hydroxyl groups is 1. The number of aryl methyl sites for hydroxylation is 1. The van der Waals surface area contributed by atoms with E-state index in [1.54, 1.807) is 0 Å². The van der Waals surface area contributed by atoms with E-state index in [4.69, 9.17) is 11.5 Å². The van der Waals surface area contributed by atoms with Gasteiger partial charge in [0, 0.05) is 18.2 Å². The number of fused-ring (bicyclic) bond motifs is 1. The molecule has 0 atom stereocenters. The summed E-state index contributed by atoms with van der Waals surface area (Å²) in [5, 5.41) is 16.9. The van der Waals surface area contributed by atoms with E-state index in [1.807, 2.05) is 13.0 Å². The quantitative estimate of drug-likeness (QED) is 0.552. The van der Waals surface area contributed by atoms with Crippen LogP contribution in [0.5, 0.6) is 0 Å². The van der Waals surface area contributed by atoms with E-state index in [9.17, 15) is 5.11 Å². The van der Waals surface area contributed by atoms with Gasteiger partial charge in [-0.15, -0.1) is 0 Å². The molecular weight excluding hydrogens is 276 g/mol. The maximum absolute atomic E-state index is 10.3. The molecule has 22 heavy (non-hydrogen) atoms. The van der Waals surface area contributed by atoms with Crippen LogP contribution in [0.3, 0.4) is 0 Å². The van der Waals surface area contributed by atoms with Gasteiger partial charge >= 0.3 is 0 Å². The largest absolute Gasteiger partial charge is 0.508 e. The van der Waals surface area contributed by atoms with Gasteiger partial charge in [-0.1, -0.05) is 0 Å². The van der Waals surface area contributed by atoms with E-state index < -0.39 is 0 Å². The minimum atomic E-state index is 0.352. The molecule has 1 saturated carbocycles. The van der Waals surface area contributed by atoms with Crippen molar-refractivity contribution < 1.29 is 5.11 Å². The number of nitrogens with two attached hydrogens (primary N) is 2. The zero-order chi connectivity index (χ0) is 15.7. The zero-order valence-electron chi connectivity index (χ0n) is 13.2. The predicted octanol–water partition coefficient (Wildman–Crippen LogP) is 2.34. The molecule has 1 aromatic carbocycles. The van der Waals surface area contributed by atoms with Crippen molar-refractivity contribution in [3.8, 4) is 0 Å². The van der Waals surface area contributed by atoms with Crippen LogP contribution in [0.2, 0.25) is 0 Å². The molecule has 0 unspecified atom stereocenters. The zero-order valence-corrected chi connectivity index (χ0v) is 13.2. The summed E-state index contributed by atoms with van der Waals surface area (Å²) in [6.45, 7) is 3.31. The Morgan fingerprint density at radius 3 is 2.73 bits per heavy atom. The Balaban J connectivity index is 1.76. The van der Waals surface area contributed by atoms with Crippen molar-refractivity contribution in [2.45, 2.75) is 38.6 Å². The average Bonchev–Trinajstić information content (AvgIpc) is 2.47. The molecule has 0 spiro atoms. The van der Waals surface area contributed by atoms with Crippen LogP contribution in [0.15, 0.2) is 17.9 Å². The van der Waals surface area contributed by atoms with Crippen LogP contribution in [0.1, 0.15) is 36.8 Å². The van der Waals surface area contributed by atoms with Crippen LogP contribution in [-0.2, 0) is 0 Å². The molecule has 3 rings (SSSR count). The second-order valence-corrected chi connectivity index (χ2v) is 6.61. The summed E-state index contributed by atoms with van der Waals surface area (Å²) in [6, 6.07) is 4.38. The van der Waals surface area contributed by atoms with E-state index in [2.05, 4.69) is 16.7 Å². The summed E-state index contributed by atoms with van der Waals surface area (Å²) >= 11 is 0. The molecular formula is C17H26N4O. The minimum absolute atomic E-state index is 0.352. The van der Waals surface area contributed by atoms with E-state index in [0.717, 1.165) is 60.4 Å². The van der Waals surface area contributed by atoms with Gasteiger partial charge in [0.2, 0.25) is 0 Å². The van der Waals surface area contributed by atoms with E-state index in [1.165, 1.54) is 0 Å². The Bertz CT molecular complexity index is 589. The molecule has 5 nitrogen and oxygen atoms in total. The van der Waals surface area contributed by atoms with Gasteiger partial charge in [-0.2, -0.15) is 0 Å². The molecule has 1 heterocycles. The number of hydrogen-bond donors (Lipinski definition) is 5. The van der Waals surface area contributed by atoms with Crippen LogP contribution < -0.4 is 22.1 Å². The molecule has 1 aromatic rings. The lowest BCUT2D eigenvalue weighted by atomic mass is 9.86. The van der Waals surface area contributed by atoms with Gasteiger partial charge in [0.25, 0.3) is 0 Å². The second-order valence-electron chi connectivity index (χ2n) is 6.61. The Hall–Kier alpha value is -1.88. The SMILES string of the molecule is Cc1cc(N)c2c(c1)C(NCC1CCC(N)CC1)=C(O)CN2. The van der Waals surface area contributed by atoms with Crippen molar-refractivity contribution in [2.75, 3.05) is 24.1 Å². The van der Waals surface area contributed by atoms with Gasteiger partial charge < -0.3 is 27.2 Å². The number of anilines is 2. The predicted molar refractivity (Wildman–Crippen MR) is 91.6 cm³/mol. The number of nitrogen functional groups attached to an aromatic ring is 1. The number of rotatable bonds is 3. The maximum Gasteiger partial charge on any atom is 0.135 e. The van der Waals surface area contributed by atoms with Gasteiger partial charge in [0.1, 0.15) is 5.76 Å². The fraction of sp³-hybridized carbons (Fsp3) is 0.529. The van der Waals surface area contributed by atoms with Crippen molar-refractivity contribution >= 4 is 17.1 Å². The molecule has 1 aliphatic heterocycles. The molecule has 0 amide bonds. The van der Waals surface area contributed by atoms with Crippen molar-refractivity contribution in [1.82, 2.24) is 5.32 Å². The van der Waals surface area contributed by atoms with Crippen LogP contribution in [-0.4, -0.2) is 24.2 Å². The average molecular weight is 302 g/mol. The number of hydrogen-bond acceptors (Lipinski definition) is 5. The highest BCUT2D eigenvalue weighted by molar-refractivity contribution is 5.87. The normalized spacial score (nSPS) is 24.6. The minimum Gasteiger partial charge on any atom is -0.508 e. The maximum atomic E-state index is 10.3. The molecule has 0 aromatic heterocycles. The summed E-state index contributed by atoms with van der Waals surface area (Å²) in [5.74, 6) is 0.977. The Morgan fingerprint density at radius 1 is 1.27 bits per heavy atom. The Labute approximate surface area is 131 Å². The Morgan fingerprint density at radius 2 is 2.00 bits per heavy atom. The molecule has 1 fully saturated rings. The van der Waals surface area contributed by atoms with Crippen LogP contribution in [0.25, 0.3) is 5.70 Å². The smallest absolute Gasteiger partial charge is 0.135 e. The third kappa shape index (κ3) is 2.99. The van der Waals surface area contributed by atoms with Crippen LogP contribution in [0.4, 0.5) is 11.4 Å². The fourth-order valence-corrected chi connectivity index (χ4v) is 3.46. The number of aliphatic hydroxyl groups excluding tert-OH is 1. The lowest BCUT2D eigenvalue weighted by Gasteiger charge is -2.29. The number of nitrogens with one attached hydrogen (secondary N) is 2. The summed E-state index contributed by atoms with van der Waals surface area (Å²) in [6.07, 6.45) is 4.51. The van der Waals surface area contributed by atoms with Gasteiger partial charge in [0.05, 0.1) is 23.6 Å². The summed E-state index contributed by atoms with van der Waals surface area (Å²) < 4.78 is 0. The summed E-state index contributed by atoms with van der Waals surface area (Å²) in [7, 11) is 0. The molecule has 7 N–H and O–H groups in total. The first-order valence-corrected chi connectivity index (χ1v) is 8.10. The van der Waals surface area contributed by atoms with E-state index in [-0.39, 0.29) is 0 Å². The summed E-state index contributed by atoms with van der Waals surface area (Å²) in [4.78, 5) is 0. The van der Waals surface area contributed by atoms with Gasteiger partial charge in [0.15, 0.2) is 0 Å². The first-order chi connectivity index (χ1) is 10.5. The van der Waals surface area contributed by atoms with Crippen LogP contribution in [0, 0.1) is 12.8 Å². The van der Waals surface area contributed by atoms with Crippen LogP contribution >= 0.6 is 0 Å². The molecule has 0 bridgehead atoms. The lowest BCUT2D eigenvalue weighted by molar-refractivity contribution is 0.322. The number of benzene rings is 1. The van der Waals surface area contributed by atoms with Gasteiger partial charge in [-0.25, -0.2) is 0 Å². The Kier molecular flexibility index (Phi) is 4.16. The van der Waals surface area contributed by atoms with Crippen molar-refractivity contribution in [1.29, 1.82) is 0 Å².